The first-order valence-corrected chi connectivity index (χ1v) is 16.4. The fourth-order valence-corrected chi connectivity index (χ4v) is 7.67. The number of nitrogens with zero attached hydrogens (tertiary/aromatic N) is 2. The van der Waals surface area contributed by atoms with Crippen molar-refractivity contribution >= 4 is 70.9 Å². The van der Waals surface area contributed by atoms with E-state index in [1.54, 1.807) is 11.3 Å². The highest BCUT2D eigenvalue weighted by Crippen LogP contribution is 2.44. The van der Waals surface area contributed by atoms with Gasteiger partial charge in [-0.3, -0.25) is 0 Å². The van der Waals surface area contributed by atoms with Gasteiger partial charge in [0.25, 0.3) is 0 Å². The summed E-state index contributed by atoms with van der Waals surface area (Å²) in [5.74, 6) is 0. The molecule has 0 fully saturated rings. The number of thiazole rings is 1. The van der Waals surface area contributed by atoms with Crippen molar-refractivity contribution in [3.8, 4) is 21.7 Å². The van der Waals surface area contributed by atoms with Crippen molar-refractivity contribution in [1.29, 1.82) is 0 Å². The number of benzene rings is 8. The van der Waals surface area contributed by atoms with E-state index >= 15 is 0 Å². The third kappa shape index (κ3) is 4.52. The molecule has 1 aromatic heterocycles. The van der Waals surface area contributed by atoms with Gasteiger partial charge in [-0.15, -0.1) is 11.3 Å². The topological polar surface area (TPSA) is 16.1 Å². The predicted octanol–water partition coefficient (Wildman–Crippen LogP) is 12.6. The smallest absolute Gasteiger partial charge is 0.125 e. The molecule has 216 valence electrons. The van der Waals surface area contributed by atoms with Gasteiger partial charge in [-0.2, -0.15) is 0 Å². The van der Waals surface area contributed by atoms with Gasteiger partial charge in [0.2, 0.25) is 0 Å². The summed E-state index contributed by atoms with van der Waals surface area (Å²) in [7, 11) is 0. The lowest BCUT2D eigenvalue weighted by Crippen LogP contribution is -2.10. The third-order valence-electron chi connectivity index (χ3n) is 8.87. The molecule has 0 aliphatic heterocycles. The minimum atomic E-state index is 1.04. The van der Waals surface area contributed by atoms with Crippen LogP contribution in [-0.4, -0.2) is 4.98 Å². The molecule has 1 heterocycles. The third-order valence-corrected chi connectivity index (χ3v) is 9.92. The fraction of sp³-hybridized carbons (Fsp3) is 0. The Balaban J connectivity index is 1.19. The number of rotatable bonds is 5. The molecule has 3 heteroatoms. The van der Waals surface area contributed by atoms with Crippen molar-refractivity contribution < 1.29 is 0 Å². The zero-order valence-corrected chi connectivity index (χ0v) is 25.8. The largest absolute Gasteiger partial charge is 0.310 e. The maximum absolute atomic E-state index is 5.20. The summed E-state index contributed by atoms with van der Waals surface area (Å²) in [5, 5.41) is 8.46. The van der Waals surface area contributed by atoms with Crippen molar-refractivity contribution in [3.05, 3.63) is 170 Å². The molecule has 46 heavy (non-hydrogen) atoms. The molecule has 0 amide bonds. The minimum absolute atomic E-state index is 1.04. The number of anilines is 3. The van der Waals surface area contributed by atoms with Crippen LogP contribution in [0.1, 0.15) is 0 Å². The van der Waals surface area contributed by atoms with Crippen molar-refractivity contribution in [1.82, 2.24) is 4.98 Å². The monoisotopic (exact) mass is 604 g/mol. The van der Waals surface area contributed by atoms with E-state index in [4.69, 9.17) is 4.98 Å². The summed E-state index contributed by atoms with van der Waals surface area (Å²) < 4.78 is 1.21. The summed E-state index contributed by atoms with van der Waals surface area (Å²) in [6.45, 7) is 0. The molecule has 0 aliphatic carbocycles. The maximum atomic E-state index is 5.20. The molecule has 0 atom stereocenters. The van der Waals surface area contributed by atoms with E-state index in [2.05, 4.69) is 175 Å². The summed E-state index contributed by atoms with van der Waals surface area (Å²) in [5.41, 5.74) is 7.98. The van der Waals surface area contributed by atoms with Crippen LogP contribution in [0.25, 0.3) is 64.2 Å². The van der Waals surface area contributed by atoms with Crippen molar-refractivity contribution in [2.75, 3.05) is 4.90 Å². The second kappa shape index (κ2) is 11.0. The zero-order valence-electron chi connectivity index (χ0n) is 25.0. The predicted molar refractivity (Wildman–Crippen MR) is 198 cm³/mol. The average molecular weight is 605 g/mol. The SMILES string of the molecule is c1ccc(-c2ccc(N(c3ccccc3)c3ccc(-c4nc5cc6ccc7ccccc7c6cc5s4)c4ccccc34)cc2)cc1. The number of aromatic nitrogens is 1. The number of fused-ring (bicyclic) bond motifs is 5. The molecule has 0 N–H and O–H groups in total. The number of hydrogen-bond acceptors (Lipinski definition) is 3. The number of hydrogen-bond donors (Lipinski definition) is 0. The van der Waals surface area contributed by atoms with Crippen LogP contribution >= 0.6 is 11.3 Å². The van der Waals surface area contributed by atoms with Crippen LogP contribution in [-0.2, 0) is 0 Å². The Bertz CT molecular complexity index is 2520. The van der Waals surface area contributed by atoms with Crippen LogP contribution in [0.15, 0.2) is 170 Å². The molecule has 9 aromatic rings. The fourth-order valence-electron chi connectivity index (χ4n) is 6.65. The molecule has 0 spiro atoms. The normalized spacial score (nSPS) is 11.5. The summed E-state index contributed by atoms with van der Waals surface area (Å²) in [6, 6.07) is 60.9. The van der Waals surface area contributed by atoms with Gasteiger partial charge in [0.05, 0.1) is 15.9 Å². The Morgan fingerprint density at radius 2 is 1.07 bits per heavy atom. The van der Waals surface area contributed by atoms with Gasteiger partial charge in [-0.1, -0.05) is 121 Å². The van der Waals surface area contributed by atoms with Crippen molar-refractivity contribution in [2.24, 2.45) is 0 Å². The van der Waals surface area contributed by atoms with Crippen LogP contribution in [0.3, 0.4) is 0 Å². The first kappa shape index (κ1) is 26.6. The molecule has 0 aliphatic rings. The summed E-state index contributed by atoms with van der Waals surface area (Å²) >= 11 is 1.77. The molecular weight excluding hydrogens is 577 g/mol. The van der Waals surface area contributed by atoms with Crippen LogP contribution < -0.4 is 4.90 Å². The molecule has 0 saturated carbocycles. The lowest BCUT2D eigenvalue weighted by molar-refractivity contribution is 1.30. The molecule has 0 radical (unpaired) electrons. The molecule has 8 aromatic carbocycles. The first-order valence-electron chi connectivity index (χ1n) is 15.5. The molecule has 0 unspecified atom stereocenters. The Morgan fingerprint density at radius 3 is 1.87 bits per heavy atom. The van der Waals surface area contributed by atoms with E-state index in [1.807, 2.05) is 0 Å². The Labute approximate surface area is 271 Å². The Hall–Kier alpha value is -5.77. The van der Waals surface area contributed by atoms with Crippen LogP contribution in [0.4, 0.5) is 17.1 Å². The minimum Gasteiger partial charge on any atom is -0.310 e. The molecule has 2 nitrogen and oxygen atoms in total. The lowest BCUT2D eigenvalue weighted by atomic mass is 10.0. The maximum Gasteiger partial charge on any atom is 0.125 e. The molecular formula is C43H28N2S. The van der Waals surface area contributed by atoms with E-state index in [-0.39, 0.29) is 0 Å². The lowest BCUT2D eigenvalue weighted by Gasteiger charge is -2.27. The van der Waals surface area contributed by atoms with E-state index in [0.717, 1.165) is 33.1 Å². The van der Waals surface area contributed by atoms with E-state index in [1.165, 1.54) is 48.1 Å². The second-order valence-corrected chi connectivity index (χ2v) is 12.6. The highest BCUT2D eigenvalue weighted by molar-refractivity contribution is 7.21. The van der Waals surface area contributed by atoms with Gasteiger partial charge >= 0.3 is 0 Å². The van der Waals surface area contributed by atoms with Crippen LogP contribution in [0.5, 0.6) is 0 Å². The van der Waals surface area contributed by atoms with Gasteiger partial charge in [-0.25, -0.2) is 4.98 Å². The van der Waals surface area contributed by atoms with Gasteiger partial charge in [0.1, 0.15) is 5.01 Å². The highest BCUT2D eigenvalue weighted by atomic mass is 32.1. The van der Waals surface area contributed by atoms with Crippen LogP contribution in [0, 0.1) is 0 Å². The molecule has 0 saturated heterocycles. The molecule has 9 rings (SSSR count). The Morgan fingerprint density at radius 1 is 0.435 bits per heavy atom. The van der Waals surface area contributed by atoms with Gasteiger partial charge in [0.15, 0.2) is 0 Å². The Kier molecular flexibility index (Phi) is 6.36. The van der Waals surface area contributed by atoms with Crippen molar-refractivity contribution in [2.45, 2.75) is 0 Å². The van der Waals surface area contributed by atoms with E-state index in [9.17, 15) is 0 Å². The quantitative estimate of drug-likeness (QED) is 0.182. The summed E-state index contributed by atoms with van der Waals surface area (Å²) in [6.07, 6.45) is 0. The zero-order chi connectivity index (χ0) is 30.5. The van der Waals surface area contributed by atoms with Crippen LogP contribution in [0.2, 0.25) is 0 Å². The summed E-state index contributed by atoms with van der Waals surface area (Å²) in [4.78, 5) is 7.56. The van der Waals surface area contributed by atoms with Crippen molar-refractivity contribution in [3.63, 3.8) is 0 Å². The van der Waals surface area contributed by atoms with Gasteiger partial charge in [0, 0.05) is 22.3 Å². The van der Waals surface area contributed by atoms with E-state index < -0.39 is 0 Å². The first-order chi connectivity index (χ1) is 22.8. The second-order valence-electron chi connectivity index (χ2n) is 11.6. The van der Waals surface area contributed by atoms with Gasteiger partial charge in [-0.05, 0) is 86.6 Å². The average Bonchev–Trinajstić information content (AvgIpc) is 3.55. The standard InChI is InChI=1S/C43H28N2S/c1-3-11-29(12-4-1)30-21-23-34(24-22-30)45(33-14-5-2-6-15-33)41-26-25-38(36-17-9-10-18-37(36)41)43-44-40-27-32-20-19-31-13-7-8-16-35(31)39(32)28-42(40)46-43/h1-28H. The molecule has 0 bridgehead atoms. The van der Waals surface area contributed by atoms with E-state index in [0.29, 0.717) is 0 Å². The highest BCUT2D eigenvalue weighted by Gasteiger charge is 2.19. The number of para-hydroxylation sites is 1. The van der Waals surface area contributed by atoms with Gasteiger partial charge < -0.3 is 4.90 Å².